The van der Waals surface area contributed by atoms with E-state index in [4.69, 9.17) is 16.9 Å². The molecule has 0 radical (unpaired) electrons. The van der Waals surface area contributed by atoms with E-state index in [1.807, 2.05) is 0 Å². The average molecular weight is 362 g/mol. The van der Waals surface area contributed by atoms with Crippen LogP contribution >= 0.6 is 0 Å². The summed E-state index contributed by atoms with van der Waals surface area (Å²) in [5.74, 6) is 0. The average Bonchev–Trinajstić information content (AvgIpc) is 2.62. The maximum atomic E-state index is 12.9. The SMILES string of the molecule is N=CC(=C(N)C(F)(F)F)c1ccc2c(c1)C(C(/C=C\C=O)=C/N)=CCN2. The van der Waals surface area contributed by atoms with Crippen LogP contribution in [0.4, 0.5) is 18.9 Å². The van der Waals surface area contributed by atoms with Crippen LogP contribution in [-0.4, -0.2) is 25.2 Å². The van der Waals surface area contributed by atoms with Crippen LogP contribution in [0.1, 0.15) is 11.1 Å². The number of anilines is 1. The maximum Gasteiger partial charge on any atom is 0.431 e. The molecular formula is C18H17F3N4O. The molecular weight excluding hydrogens is 345 g/mol. The van der Waals surface area contributed by atoms with Crippen LogP contribution in [0.15, 0.2) is 53.9 Å². The van der Waals surface area contributed by atoms with Crippen LogP contribution in [0.3, 0.4) is 0 Å². The van der Waals surface area contributed by atoms with Crippen molar-refractivity contribution >= 4 is 29.3 Å². The molecule has 0 unspecified atom stereocenters. The van der Waals surface area contributed by atoms with E-state index in [0.29, 0.717) is 41.4 Å². The fourth-order valence-electron chi connectivity index (χ4n) is 2.58. The first kappa shape index (κ1) is 19.0. The Hall–Kier alpha value is -3.29. The summed E-state index contributed by atoms with van der Waals surface area (Å²) in [6.45, 7) is 0.492. The number of hydrogen-bond acceptors (Lipinski definition) is 5. The summed E-state index contributed by atoms with van der Waals surface area (Å²) in [7, 11) is 0. The Labute approximate surface area is 148 Å². The number of halogens is 3. The number of carbonyl (C=O) groups excluding carboxylic acids is 1. The van der Waals surface area contributed by atoms with Crippen LogP contribution in [0.25, 0.3) is 11.1 Å². The van der Waals surface area contributed by atoms with Gasteiger partial charge >= 0.3 is 6.18 Å². The Morgan fingerprint density at radius 2 is 2.04 bits per heavy atom. The minimum atomic E-state index is -4.74. The molecule has 0 bridgehead atoms. The summed E-state index contributed by atoms with van der Waals surface area (Å²) in [4.78, 5) is 10.6. The van der Waals surface area contributed by atoms with Crippen molar-refractivity contribution in [2.24, 2.45) is 11.5 Å². The van der Waals surface area contributed by atoms with Gasteiger partial charge in [-0.15, -0.1) is 0 Å². The lowest BCUT2D eigenvalue weighted by Gasteiger charge is -2.22. The van der Waals surface area contributed by atoms with Gasteiger partial charge < -0.3 is 22.2 Å². The number of nitrogens with one attached hydrogen (secondary N) is 2. The number of aldehydes is 1. The molecule has 8 heteroatoms. The highest BCUT2D eigenvalue weighted by molar-refractivity contribution is 6.10. The number of rotatable bonds is 5. The standard InChI is InChI=1S/C18H17F3N4O/c19-18(20,21)17(24)15(10-23)11-3-4-16-14(8-11)13(5-6-25-16)12(9-22)2-1-7-26/h1-5,7-10,23,25H,6,22,24H2/b2-1-,12-9+,17-15?,23-10?. The second-order valence-electron chi connectivity index (χ2n) is 5.35. The van der Waals surface area contributed by atoms with Gasteiger partial charge in [-0.3, -0.25) is 4.79 Å². The van der Waals surface area contributed by atoms with Gasteiger partial charge in [0.1, 0.15) is 12.0 Å². The molecule has 0 saturated heterocycles. The van der Waals surface area contributed by atoms with E-state index in [1.165, 1.54) is 30.5 Å². The summed E-state index contributed by atoms with van der Waals surface area (Å²) < 4.78 is 38.8. The maximum absolute atomic E-state index is 12.9. The molecule has 0 saturated carbocycles. The van der Waals surface area contributed by atoms with Crippen molar-refractivity contribution in [1.82, 2.24) is 0 Å². The molecule has 0 spiro atoms. The van der Waals surface area contributed by atoms with Crippen molar-refractivity contribution in [1.29, 1.82) is 5.41 Å². The van der Waals surface area contributed by atoms with Gasteiger partial charge in [0.15, 0.2) is 0 Å². The second-order valence-corrected chi connectivity index (χ2v) is 5.35. The lowest BCUT2D eigenvalue weighted by Crippen LogP contribution is -2.22. The Morgan fingerprint density at radius 1 is 1.31 bits per heavy atom. The fraction of sp³-hybridized carbons (Fsp3) is 0.111. The Balaban J connectivity index is 2.61. The fourth-order valence-corrected chi connectivity index (χ4v) is 2.58. The lowest BCUT2D eigenvalue weighted by molar-refractivity contribution is -0.104. The Kier molecular flexibility index (Phi) is 5.66. The van der Waals surface area contributed by atoms with Crippen LogP contribution in [0, 0.1) is 5.41 Å². The van der Waals surface area contributed by atoms with Gasteiger partial charge in [-0.05, 0) is 41.0 Å². The second kappa shape index (κ2) is 7.73. The van der Waals surface area contributed by atoms with Crippen molar-refractivity contribution in [3.8, 4) is 0 Å². The highest BCUT2D eigenvalue weighted by Crippen LogP contribution is 2.36. The van der Waals surface area contributed by atoms with E-state index < -0.39 is 17.4 Å². The van der Waals surface area contributed by atoms with Crippen molar-refractivity contribution in [3.05, 3.63) is 65.0 Å². The molecule has 0 aliphatic carbocycles. The first-order chi connectivity index (χ1) is 12.3. The summed E-state index contributed by atoms with van der Waals surface area (Å²) in [6.07, 6.45) is 2.34. The molecule has 1 aliphatic heterocycles. The zero-order valence-corrected chi connectivity index (χ0v) is 13.6. The van der Waals surface area contributed by atoms with Gasteiger partial charge in [0.05, 0.1) is 0 Å². The molecule has 1 aromatic rings. The number of hydrogen-bond donors (Lipinski definition) is 4. The Morgan fingerprint density at radius 3 is 2.62 bits per heavy atom. The molecule has 26 heavy (non-hydrogen) atoms. The van der Waals surface area contributed by atoms with Crippen LogP contribution < -0.4 is 16.8 Å². The molecule has 2 rings (SSSR count). The van der Waals surface area contributed by atoms with Gasteiger partial charge in [-0.2, -0.15) is 13.2 Å². The molecule has 6 N–H and O–H groups in total. The van der Waals surface area contributed by atoms with E-state index in [0.717, 1.165) is 0 Å². The van der Waals surface area contributed by atoms with Gasteiger partial charge in [0, 0.05) is 35.8 Å². The molecule has 1 aromatic carbocycles. The van der Waals surface area contributed by atoms with Crippen LogP contribution in [0.2, 0.25) is 0 Å². The molecule has 5 nitrogen and oxygen atoms in total. The van der Waals surface area contributed by atoms with Crippen molar-refractivity contribution < 1.29 is 18.0 Å². The van der Waals surface area contributed by atoms with E-state index in [2.05, 4.69) is 5.32 Å². The molecule has 0 fully saturated rings. The smallest absolute Gasteiger partial charge is 0.404 e. The lowest BCUT2D eigenvalue weighted by atomic mass is 9.90. The van der Waals surface area contributed by atoms with E-state index in [-0.39, 0.29) is 5.56 Å². The van der Waals surface area contributed by atoms with E-state index >= 15 is 0 Å². The number of fused-ring (bicyclic) bond motifs is 1. The van der Waals surface area contributed by atoms with Crippen molar-refractivity contribution in [2.45, 2.75) is 6.18 Å². The largest absolute Gasteiger partial charge is 0.431 e. The van der Waals surface area contributed by atoms with Crippen molar-refractivity contribution in [3.63, 3.8) is 0 Å². The molecule has 1 heterocycles. The zero-order valence-electron chi connectivity index (χ0n) is 13.6. The quantitative estimate of drug-likeness (QED) is 0.280. The molecule has 0 atom stereocenters. The predicted octanol–water partition coefficient (Wildman–Crippen LogP) is 2.97. The first-order valence-corrected chi connectivity index (χ1v) is 7.53. The minimum absolute atomic E-state index is 0.152. The highest BCUT2D eigenvalue weighted by Gasteiger charge is 2.34. The molecule has 0 amide bonds. The molecule has 0 aromatic heterocycles. The van der Waals surface area contributed by atoms with Gasteiger partial charge in [-0.1, -0.05) is 12.1 Å². The van der Waals surface area contributed by atoms with Gasteiger partial charge in [0.25, 0.3) is 0 Å². The normalized spacial score (nSPS) is 15.7. The molecule has 1 aliphatic rings. The number of benzene rings is 1. The van der Waals surface area contributed by atoms with Crippen molar-refractivity contribution in [2.75, 3.05) is 11.9 Å². The number of alkyl halides is 3. The van der Waals surface area contributed by atoms with Gasteiger partial charge in [0.2, 0.25) is 0 Å². The third kappa shape index (κ3) is 3.85. The topological polar surface area (TPSA) is 105 Å². The first-order valence-electron chi connectivity index (χ1n) is 7.53. The highest BCUT2D eigenvalue weighted by atomic mass is 19.4. The summed E-state index contributed by atoms with van der Waals surface area (Å²) in [6, 6.07) is 4.58. The summed E-state index contributed by atoms with van der Waals surface area (Å²) >= 11 is 0. The molecule has 136 valence electrons. The number of nitrogens with two attached hydrogens (primary N) is 2. The monoisotopic (exact) mass is 362 g/mol. The minimum Gasteiger partial charge on any atom is -0.404 e. The number of carbonyl (C=O) groups is 1. The predicted molar refractivity (Wildman–Crippen MR) is 96.3 cm³/mol. The van der Waals surface area contributed by atoms with Crippen LogP contribution in [0.5, 0.6) is 0 Å². The van der Waals surface area contributed by atoms with Gasteiger partial charge in [-0.25, -0.2) is 0 Å². The van der Waals surface area contributed by atoms with Crippen LogP contribution in [-0.2, 0) is 4.79 Å². The van der Waals surface area contributed by atoms with E-state index in [9.17, 15) is 18.0 Å². The third-order valence-electron chi connectivity index (χ3n) is 3.80. The number of allylic oxidation sites excluding steroid dienone is 6. The Bertz CT molecular complexity index is 848. The third-order valence-corrected chi connectivity index (χ3v) is 3.80. The zero-order chi connectivity index (χ0) is 19.3. The van der Waals surface area contributed by atoms with E-state index in [1.54, 1.807) is 12.1 Å². The summed E-state index contributed by atoms with van der Waals surface area (Å²) in [5, 5.41) is 10.4. The summed E-state index contributed by atoms with van der Waals surface area (Å²) in [5.41, 5.74) is 11.7.